The molecule has 3 aromatic rings. The van der Waals surface area contributed by atoms with Crippen molar-refractivity contribution in [3.05, 3.63) is 66.5 Å². The molecule has 0 saturated carbocycles. The van der Waals surface area contributed by atoms with E-state index in [-0.39, 0.29) is 12.4 Å². The number of imidazole rings is 1. The van der Waals surface area contributed by atoms with Gasteiger partial charge in [0, 0.05) is 0 Å². The van der Waals surface area contributed by atoms with Crippen molar-refractivity contribution in [2.75, 3.05) is 6.61 Å². The Morgan fingerprint density at radius 3 is 2.42 bits per heavy atom. The number of ether oxygens (including phenoxy) is 1. The number of unbranched alkanes of at least 4 members (excludes halogenated alkanes) is 4. The molecule has 0 fully saturated rings. The van der Waals surface area contributed by atoms with Crippen molar-refractivity contribution in [2.24, 2.45) is 0 Å². The van der Waals surface area contributed by atoms with Gasteiger partial charge >= 0.3 is 0 Å². The average Bonchev–Trinajstić information content (AvgIpc) is 3.00. The highest BCUT2D eigenvalue weighted by atomic mass is 35.5. The molecule has 0 amide bonds. The second-order valence-electron chi connectivity index (χ2n) is 6.64. The normalized spacial score (nSPS) is 10.8. The minimum absolute atomic E-state index is 0. The first kappa shape index (κ1) is 20.5. The molecular formula is C22H29ClN2O. The van der Waals surface area contributed by atoms with Gasteiger partial charge in [-0.15, -0.1) is 0 Å². The fourth-order valence-electron chi connectivity index (χ4n) is 3.22. The van der Waals surface area contributed by atoms with Crippen LogP contribution >= 0.6 is 0 Å². The van der Waals surface area contributed by atoms with Crippen LogP contribution in [0, 0.1) is 0 Å². The molecule has 0 aliphatic rings. The maximum absolute atomic E-state index is 5.92. The van der Waals surface area contributed by atoms with Crippen molar-refractivity contribution in [3.8, 4) is 0 Å². The standard InChI is InChI=1S/C22H29N2O.ClH/c1-2-3-4-5-11-16-25-19-24-18-23(17-20-12-7-6-8-13-20)21-14-9-10-15-22(21)24;/h6-10,12-15,18H,2-5,11,16-17,19H2,1H3;1H/q+1;/p-1. The highest BCUT2D eigenvalue weighted by Crippen LogP contribution is 2.12. The van der Waals surface area contributed by atoms with E-state index in [4.69, 9.17) is 4.74 Å². The summed E-state index contributed by atoms with van der Waals surface area (Å²) in [4.78, 5) is 0. The summed E-state index contributed by atoms with van der Waals surface area (Å²) in [5, 5.41) is 0. The lowest BCUT2D eigenvalue weighted by Gasteiger charge is -2.02. The Kier molecular flexibility index (Phi) is 8.66. The molecule has 140 valence electrons. The maximum atomic E-state index is 5.92. The van der Waals surface area contributed by atoms with E-state index in [0.717, 1.165) is 19.6 Å². The minimum atomic E-state index is 0. The van der Waals surface area contributed by atoms with Crippen LogP contribution in [0.4, 0.5) is 0 Å². The number of halogens is 1. The lowest BCUT2D eigenvalue weighted by Crippen LogP contribution is -3.00. The Morgan fingerprint density at radius 1 is 0.885 bits per heavy atom. The lowest BCUT2D eigenvalue weighted by atomic mass is 10.2. The molecule has 26 heavy (non-hydrogen) atoms. The molecule has 0 atom stereocenters. The fraction of sp³-hybridized carbons (Fsp3) is 0.409. The van der Waals surface area contributed by atoms with Crippen molar-refractivity contribution in [2.45, 2.75) is 52.3 Å². The summed E-state index contributed by atoms with van der Waals surface area (Å²) in [6.45, 7) is 4.59. The number of aromatic nitrogens is 2. The highest BCUT2D eigenvalue weighted by Gasteiger charge is 2.15. The topological polar surface area (TPSA) is 18.0 Å². The maximum Gasteiger partial charge on any atom is 0.246 e. The zero-order valence-corrected chi connectivity index (χ0v) is 16.4. The summed E-state index contributed by atoms with van der Waals surface area (Å²) in [5.41, 5.74) is 3.79. The van der Waals surface area contributed by atoms with E-state index in [1.807, 2.05) is 0 Å². The molecule has 0 aliphatic carbocycles. The zero-order chi connectivity index (χ0) is 17.3. The molecule has 1 heterocycles. The van der Waals surface area contributed by atoms with Crippen molar-refractivity contribution in [3.63, 3.8) is 0 Å². The Labute approximate surface area is 163 Å². The Morgan fingerprint density at radius 2 is 1.62 bits per heavy atom. The van der Waals surface area contributed by atoms with E-state index < -0.39 is 0 Å². The molecule has 0 spiro atoms. The number of fused-ring (bicyclic) bond motifs is 1. The third-order valence-corrected chi connectivity index (χ3v) is 4.60. The van der Waals surface area contributed by atoms with E-state index in [0.29, 0.717) is 6.73 Å². The molecule has 4 heteroatoms. The first-order valence-electron chi connectivity index (χ1n) is 9.47. The van der Waals surface area contributed by atoms with Gasteiger partial charge < -0.3 is 17.1 Å². The highest BCUT2D eigenvalue weighted by molar-refractivity contribution is 5.71. The van der Waals surface area contributed by atoms with Gasteiger partial charge in [0.2, 0.25) is 6.33 Å². The number of nitrogens with zero attached hydrogens (tertiary/aromatic N) is 2. The molecule has 0 radical (unpaired) electrons. The molecule has 0 bridgehead atoms. The Hall–Kier alpha value is -1.84. The molecule has 3 rings (SSSR count). The van der Waals surface area contributed by atoms with Gasteiger partial charge in [0.05, 0.1) is 6.61 Å². The number of hydrogen-bond donors (Lipinski definition) is 0. The fourth-order valence-corrected chi connectivity index (χ4v) is 3.22. The average molecular weight is 373 g/mol. The molecule has 0 N–H and O–H groups in total. The first-order valence-corrected chi connectivity index (χ1v) is 9.47. The van der Waals surface area contributed by atoms with Crippen LogP contribution in [0.15, 0.2) is 60.9 Å². The lowest BCUT2D eigenvalue weighted by molar-refractivity contribution is -0.663. The van der Waals surface area contributed by atoms with Gasteiger partial charge in [-0.25, -0.2) is 9.13 Å². The largest absolute Gasteiger partial charge is 1.00 e. The molecular weight excluding hydrogens is 344 g/mol. The van der Waals surface area contributed by atoms with E-state index in [9.17, 15) is 0 Å². The van der Waals surface area contributed by atoms with E-state index in [1.165, 1.54) is 42.3 Å². The van der Waals surface area contributed by atoms with Crippen molar-refractivity contribution < 1.29 is 21.7 Å². The molecule has 2 aromatic carbocycles. The van der Waals surface area contributed by atoms with Gasteiger partial charge in [-0.05, 0) is 24.1 Å². The Bertz CT molecular complexity index is 770. The summed E-state index contributed by atoms with van der Waals surface area (Å²) < 4.78 is 10.4. The van der Waals surface area contributed by atoms with E-state index in [2.05, 4.69) is 77.0 Å². The van der Waals surface area contributed by atoms with Gasteiger partial charge in [-0.3, -0.25) is 0 Å². The number of benzene rings is 2. The monoisotopic (exact) mass is 372 g/mol. The summed E-state index contributed by atoms with van der Waals surface area (Å²) in [7, 11) is 0. The molecule has 3 nitrogen and oxygen atoms in total. The van der Waals surface area contributed by atoms with Gasteiger partial charge in [0.15, 0.2) is 17.8 Å². The van der Waals surface area contributed by atoms with Crippen LogP contribution in [0.3, 0.4) is 0 Å². The summed E-state index contributed by atoms with van der Waals surface area (Å²) in [6, 6.07) is 19.1. The van der Waals surface area contributed by atoms with E-state index in [1.54, 1.807) is 0 Å². The van der Waals surface area contributed by atoms with Crippen LogP contribution in [-0.2, 0) is 18.0 Å². The molecule has 0 aliphatic heterocycles. The predicted molar refractivity (Wildman–Crippen MR) is 102 cm³/mol. The molecule has 0 unspecified atom stereocenters. The number of hydrogen-bond acceptors (Lipinski definition) is 1. The van der Waals surface area contributed by atoms with Crippen molar-refractivity contribution in [1.82, 2.24) is 4.57 Å². The van der Waals surface area contributed by atoms with Crippen LogP contribution < -0.4 is 17.0 Å². The van der Waals surface area contributed by atoms with Gasteiger partial charge in [-0.2, -0.15) is 0 Å². The van der Waals surface area contributed by atoms with Crippen LogP contribution in [0.5, 0.6) is 0 Å². The van der Waals surface area contributed by atoms with Gasteiger partial charge in [-0.1, -0.05) is 75.1 Å². The van der Waals surface area contributed by atoms with Gasteiger partial charge in [0.1, 0.15) is 6.54 Å². The number of rotatable bonds is 10. The summed E-state index contributed by atoms with van der Waals surface area (Å²) in [5.74, 6) is 0. The third-order valence-electron chi connectivity index (χ3n) is 4.60. The second-order valence-corrected chi connectivity index (χ2v) is 6.64. The molecule has 0 saturated heterocycles. The summed E-state index contributed by atoms with van der Waals surface area (Å²) in [6.07, 6.45) is 8.55. The second kappa shape index (κ2) is 11.0. The summed E-state index contributed by atoms with van der Waals surface area (Å²) >= 11 is 0. The predicted octanol–water partition coefficient (Wildman–Crippen LogP) is 1.93. The van der Waals surface area contributed by atoms with Crippen LogP contribution in [0.1, 0.15) is 44.6 Å². The number of para-hydroxylation sites is 2. The first-order chi connectivity index (χ1) is 12.4. The minimum Gasteiger partial charge on any atom is -1.00 e. The Balaban J connectivity index is 0.00000243. The zero-order valence-electron chi connectivity index (χ0n) is 15.6. The quantitative estimate of drug-likeness (QED) is 0.393. The van der Waals surface area contributed by atoms with E-state index >= 15 is 0 Å². The van der Waals surface area contributed by atoms with Gasteiger partial charge in [0.25, 0.3) is 0 Å². The van der Waals surface area contributed by atoms with Crippen LogP contribution in [-0.4, -0.2) is 11.2 Å². The SMILES string of the molecule is CCCCCCCOCn1c[n+](Cc2ccccc2)c2ccccc21.[Cl-]. The third kappa shape index (κ3) is 5.58. The van der Waals surface area contributed by atoms with Crippen LogP contribution in [0.25, 0.3) is 11.0 Å². The van der Waals surface area contributed by atoms with Crippen molar-refractivity contribution >= 4 is 11.0 Å². The molecule has 1 aromatic heterocycles. The van der Waals surface area contributed by atoms with Crippen molar-refractivity contribution in [1.29, 1.82) is 0 Å². The smallest absolute Gasteiger partial charge is 0.246 e. The van der Waals surface area contributed by atoms with Crippen LogP contribution in [0.2, 0.25) is 0 Å².